The van der Waals surface area contributed by atoms with Crippen molar-refractivity contribution in [1.82, 2.24) is 10.3 Å². The van der Waals surface area contributed by atoms with Crippen molar-refractivity contribution >= 4 is 23.5 Å². The van der Waals surface area contributed by atoms with Gasteiger partial charge < -0.3 is 10.4 Å². The monoisotopic (exact) mass is 270 g/mol. The maximum Gasteiger partial charge on any atom is 0.335 e. The standard InChI is InChI=1S/C12H15ClN2O3/c1-12(2,7-13)11(18)15-6-9-5-8(10(16)17)3-4-14-9/h3-5H,6-7H2,1-2H3,(H,15,18)(H,16,17). The second-order valence-electron chi connectivity index (χ2n) is 4.54. The van der Waals surface area contributed by atoms with E-state index in [0.717, 1.165) is 0 Å². The number of carbonyl (C=O) groups is 2. The molecule has 0 aliphatic rings. The summed E-state index contributed by atoms with van der Waals surface area (Å²) < 4.78 is 0. The second kappa shape index (κ2) is 5.82. The van der Waals surface area contributed by atoms with Crippen molar-refractivity contribution in [2.24, 2.45) is 5.41 Å². The van der Waals surface area contributed by atoms with Crippen LogP contribution in [0.2, 0.25) is 0 Å². The molecule has 0 unspecified atom stereocenters. The quantitative estimate of drug-likeness (QED) is 0.798. The van der Waals surface area contributed by atoms with Crippen LogP contribution >= 0.6 is 11.6 Å². The number of aromatic carboxylic acids is 1. The smallest absolute Gasteiger partial charge is 0.335 e. The molecule has 0 spiro atoms. The number of aromatic nitrogens is 1. The van der Waals surface area contributed by atoms with E-state index < -0.39 is 11.4 Å². The number of nitrogens with one attached hydrogen (secondary N) is 1. The summed E-state index contributed by atoms with van der Waals surface area (Å²) in [7, 11) is 0. The minimum atomic E-state index is -1.02. The highest BCUT2D eigenvalue weighted by molar-refractivity contribution is 6.19. The molecule has 1 aromatic rings. The topological polar surface area (TPSA) is 79.3 Å². The molecule has 1 aromatic heterocycles. The van der Waals surface area contributed by atoms with Gasteiger partial charge in [0.15, 0.2) is 0 Å². The highest BCUT2D eigenvalue weighted by Crippen LogP contribution is 2.17. The summed E-state index contributed by atoms with van der Waals surface area (Å²) in [6, 6.07) is 2.83. The predicted octanol–water partition coefficient (Wildman–Crippen LogP) is 1.66. The summed E-state index contributed by atoms with van der Waals surface area (Å²) >= 11 is 5.68. The largest absolute Gasteiger partial charge is 0.478 e. The van der Waals surface area contributed by atoms with E-state index in [-0.39, 0.29) is 23.9 Å². The minimum Gasteiger partial charge on any atom is -0.478 e. The molecular weight excluding hydrogens is 256 g/mol. The van der Waals surface area contributed by atoms with E-state index in [1.807, 2.05) is 0 Å². The maximum absolute atomic E-state index is 11.7. The Morgan fingerprint density at radius 1 is 1.50 bits per heavy atom. The van der Waals surface area contributed by atoms with Gasteiger partial charge in [0.25, 0.3) is 0 Å². The molecule has 0 saturated heterocycles. The maximum atomic E-state index is 11.7. The molecule has 0 aliphatic carbocycles. The third kappa shape index (κ3) is 3.70. The average molecular weight is 271 g/mol. The fourth-order valence-electron chi connectivity index (χ4n) is 1.18. The first kappa shape index (κ1) is 14.4. The van der Waals surface area contributed by atoms with Crippen LogP contribution in [-0.4, -0.2) is 27.8 Å². The summed E-state index contributed by atoms with van der Waals surface area (Å²) in [5, 5.41) is 11.5. The Labute approximate surface area is 110 Å². The zero-order valence-electron chi connectivity index (χ0n) is 10.2. The first-order valence-corrected chi connectivity index (χ1v) is 5.93. The van der Waals surface area contributed by atoms with Crippen molar-refractivity contribution in [2.75, 3.05) is 5.88 Å². The number of pyridine rings is 1. The van der Waals surface area contributed by atoms with E-state index in [2.05, 4.69) is 10.3 Å². The lowest BCUT2D eigenvalue weighted by atomic mass is 9.95. The summed E-state index contributed by atoms with van der Waals surface area (Å²) in [5.41, 5.74) is -0.0223. The SMILES string of the molecule is CC(C)(CCl)C(=O)NCc1cc(C(=O)O)ccn1. The first-order valence-electron chi connectivity index (χ1n) is 5.39. The third-order valence-corrected chi connectivity index (χ3v) is 3.11. The van der Waals surface area contributed by atoms with E-state index in [9.17, 15) is 9.59 Å². The molecule has 1 heterocycles. The Kier molecular flexibility index (Phi) is 4.67. The minimum absolute atomic E-state index is 0.144. The molecule has 1 amide bonds. The van der Waals surface area contributed by atoms with Crippen LogP contribution in [0.3, 0.4) is 0 Å². The molecule has 1 rings (SSSR count). The Hall–Kier alpha value is -1.62. The van der Waals surface area contributed by atoms with Crippen molar-refractivity contribution in [3.8, 4) is 0 Å². The van der Waals surface area contributed by atoms with Crippen molar-refractivity contribution in [3.05, 3.63) is 29.6 Å². The normalized spacial score (nSPS) is 11.1. The summed E-state index contributed by atoms with van der Waals surface area (Å²) in [5.74, 6) is -1.01. The highest BCUT2D eigenvalue weighted by atomic mass is 35.5. The van der Waals surface area contributed by atoms with Crippen LogP contribution in [-0.2, 0) is 11.3 Å². The summed E-state index contributed by atoms with van der Waals surface area (Å²) in [4.78, 5) is 26.5. The Balaban J connectivity index is 2.67. The van der Waals surface area contributed by atoms with Gasteiger partial charge in [0.05, 0.1) is 23.2 Å². The van der Waals surface area contributed by atoms with Crippen molar-refractivity contribution in [3.63, 3.8) is 0 Å². The molecule has 6 heteroatoms. The molecule has 0 fully saturated rings. The van der Waals surface area contributed by atoms with Gasteiger partial charge in [0, 0.05) is 12.1 Å². The van der Waals surface area contributed by atoms with Gasteiger partial charge in [-0.05, 0) is 26.0 Å². The zero-order valence-corrected chi connectivity index (χ0v) is 11.0. The van der Waals surface area contributed by atoms with Crippen LogP contribution in [0.15, 0.2) is 18.3 Å². The van der Waals surface area contributed by atoms with E-state index in [0.29, 0.717) is 5.69 Å². The van der Waals surface area contributed by atoms with E-state index in [1.54, 1.807) is 13.8 Å². The van der Waals surface area contributed by atoms with Gasteiger partial charge in [-0.3, -0.25) is 9.78 Å². The molecule has 18 heavy (non-hydrogen) atoms. The average Bonchev–Trinajstić information content (AvgIpc) is 2.36. The lowest BCUT2D eigenvalue weighted by molar-refractivity contribution is -0.128. The Bertz CT molecular complexity index is 460. The second-order valence-corrected chi connectivity index (χ2v) is 4.81. The third-order valence-electron chi connectivity index (χ3n) is 2.44. The number of alkyl halides is 1. The Morgan fingerprint density at radius 3 is 2.72 bits per heavy atom. The molecule has 98 valence electrons. The lowest BCUT2D eigenvalue weighted by Gasteiger charge is -2.20. The van der Waals surface area contributed by atoms with Crippen LogP contribution in [0.4, 0.5) is 0 Å². The predicted molar refractivity (Wildman–Crippen MR) is 67.5 cm³/mol. The molecular formula is C12H15ClN2O3. The highest BCUT2D eigenvalue weighted by Gasteiger charge is 2.26. The number of nitrogens with zero attached hydrogens (tertiary/aromatic N) is 1. The first-order chi connectivity index (χ1) is 8.36. The molecule has 0 radical (unpaired) electrons. The molecule has 0 aliphatic heterocycles. The van der Waals surface area contributed by atoms with Gasteiger partial charge >= 0.3 is 5.97 Å². The molecule has 5 nitrogen and oxygen atoms in total. The van der Waals surface area contributed by atoms with Crippen molar-refractivity contribution in [2.45, 2.75) is 20.4 Å². The molecule has 0 aromatic carbocycles. The number of carboxylic acid groups (broad SMARTS) is 1. The number of halogens is 1. The fourth-order valence-corrected chi connectivity index (χ4v) is 1.30. The number of carbonyl (C=O) groups excluding carboxylic acids is 1. The van der Waals surface area contributed by atoms with Gasteiger partial charge in [-0.15, -0.1) is 11.6 Å². The van der Waals surface area contributed by atoms with Gasteiger partial charge in [-0.25, -0.2) is 4.79 Å². The van der Waals surface area contributed by atoms with Crippen molar-refractivity contribution < 1.29 is 14.7 Å². The Morgan fingerprint density at radius 2 is 2.17 bits per heavy atom. The van der Waals surface area contributed by atoms with Crippen LogP contribution in [0.5, 0.6) is 0 Å². The van der Waals surface area contributed by atoms with Crippen LogP contribution in [0.1, 0.15) is 29.9 Å². The number of hydrogen-bond acceptors (Lipinski definition) is 3. The van der Waals surface area contributed by atoms with Crippen LogP contribution < -0.4 is 5.32 Å². The fraction of sp³-hybridized carbons (Fsp3) is 0.417. The molecule has 0 bridgehead atoms. The van der Waals surface area contributed by atoms with E-state index in [1.165, 1.54) is 18.3 Å². The molecule has 2 N–H and O–H groups in total. The van der Waals surface area contributed by atoms with Gasteiger partial charge in [-0.1, -0.05) is 0 Å². The number of amides is 1. The number of carboxylic acids is 1. The van der Waals surface area contributed by atoms with Gasteiger partial charge in [0.1, 0.15) is 0 Å². The summed E-state index contributed by atoms with van der Waals surface area (Å²) in [6.07, 6.45) is 1.40. The van der Waals surface area contributed by atoms with E-state index >= 15 is 0 Å². The number of rotatable bonds is 5. The molecule has 0 saturated carbocycles. The lowest BCUT2D eigenvalue weighted by Crippen LogP contribution is -2.37. The zero-order chi connectivity index (χ0) is 13.8. The molecule has 0 atom stereocenters. The van der Waals surface area contributed by atoms with E-state index in [4.69, 9.17) is 16.7 Å². The summed E-state index contributed by atoms with van der Waals surface area (Å²) in [6.45, 7) is 3.65. The number of hydrogen-bond donors (Lipinski definition) is 2. The van der Waals surface area contributed by atoms with Gasteiger partial charge in [0.2, 0.25) is 5.91 Å². The van der Waals surface area contributed by atoms with Crippen LogP contribution in [0.25, 0.3) is 0 Å². The van der Waals surface area contributed by atoms with Gasteiger partial charge in [-0.2, -0.15) is 0 Å². The van der Waals surface area contributed by atoms with Crippen molar-refractivity contribution in [1.29, 1.82) is 0 Å². The van der Waals surface area contributed by atoms with Crippen LogP contribution in [0, 0.1) is 5.41 Å².